The van der Waals surface area contributed by atoms with Crippen LogP contribution in [0.1, 0.15) is 27.6 Å². The largest absolute Gasteiger partial charge is 0.454 e. The summed E-state index contributed by atoms with van der Waals surface area (Å²) in [5.41, 5.74) is -2.55. The number of aliphatic hydroxyl groups is 2. The highest BCUT2D eigenvalue weighted by Gasteiger charge is 2.26. The zero-order valence-electron chi connectivity index (χ0n) is 28.7. The zero-order valence-corrected chi connectivity index (χ0v) is 28.7. The highest BCUT2D eigenvalue weighted by atomic mass is 16.6. The molecule has 53 heavy (non-hydrogen) atoms. The van der Waals surface area contributed by atoms with Gasteiger partial charge < -0.3 is 19.7 Å². The molecule has 0 spiro atoms. The fourth-order valence-corrected chi connectivity index (χ4v) is 6.83. The molecule has 0 radical (unpaired) electrons. The smallest absolute Gasteiger partial charge is 0.339 e. The molecule has 2 unspecified atom stereocenters. The molecule has 0 aliphatic heterocycles. The summed E-state index contributed by atoms with van der Waals surface area (Å²) in [5, 5.41) is 26.3. The van der Waals surface area contributed by atoms with Crippen molar-refractivity contribution in [2.45, 2.75) is 38.8 Å². The summed E-state index contributed by atoms with van der Waals surface area (Å²) >= 11 is 0. The quantitative estimate of drug-likeness (QED) is 0.148. The first-order chi connectivity index (χ1) is 25.7. The number of aromatic nitrogens is 3. The summed E-state index contributed by atoms with van der Waals surface area (Å²) in [6.07, 6.45) is -2.74. The molecule has 7 aromatic rings. The van der Waals surface area contributed by atoms with Crippen LogP contribution in [0.4, 0.5) is 0 Å². The molecular weight excluding hydrogens is 678 g/mol. The molecule has 12 heteroatoms. The van der Waals surface area contributed by atoms with Gasteiger partial charge in [-0.05, 0) is 62.1 Å². The second kappa shape index (κ2) is 14.7. The van der Waals surface area contributed by atoms with Gasteiger partial charge in [0.15, 0.2) is 0 Å². The van der Waals surface area contributed by atoms with Gasteiger partial charge in [0.05, 0.1) is 37.4 Å². The molecule has 1 aromatic heterocycles. The predicted molar refractivity (Wildman–Crippen MR) is 200 cm³/mol. The van der Waals surface area contributed by atoms with E-state index in [2.05, 4.69) is 0 Å². The molecule has 0 amide bonds. The van der Waals surface area contributed by atoms with Crippen LogP contribution in [-0.2, 0) is 29.1 Å². The van der Waals surface area contributed by atoms with Crippen molar-refractivity contribution in [1.29, 1.82) is 0 Å². The monoisotopic (exact) mass is 713 g/mol. The summed E-state index contributed by atoms with van der Waals surface area (Å²) < 4.78 is 13.7. The van der Waals surface area contributed by atoms with Crippen LogP contribution in [0.5, 0.6) is 0 Å². The molecule has 0 fully saturated rings. The van der Waals surface area contributed by atoms with Crippen molar-refractivity contribution in [2.75, 3.05) is 13.2 Å². The molecule has 2 N–H and O–H groups in total. The van der Waals surface area contributed by atoms with Gasteiger partial charge in [0.25, 0.3) is 0 Å². The third kappa shape index (κ3) is 6.50. The van der Waals surface area contributed by atoms with Crippen LogP contribution >= 0.6 is 0 Å². The van der Waals surface area contributed by atoms with Gasteiger partial charge in [0.1, 0.15) is 12.2 Å². The van der Waals surface area contributed by atoms with Crippen LogP contribution in [0, 0.1) is 0 Å². The van der Waals surface area contributed by atoms with E-state index in [4.69, 9.17) is 9.47 Å². The van der Waals surface area contributed by atoms with Gasteiger partial charge in [-0.3, -0.25) is 0 Å². The lowest BCUT2D eigenvalue weighted by Gasteiger charge is -2.21. The first-order valence-corrected chi connectivity index (χ1v) is 17.1. The number of ether oxygens (including phenoxy) is 2. The number of carbonyl (C=O) groups excluding carboxylic acids is 2. The number of benzene rings is 6. The van der Waals surface area contributed by atoms with Crippen LogP contribution in [0.25, 0.3) is 43.1 Å². The summed E-state index contributed by atoms with van der Waals surface area (Å²) in [6.45, 7) is -1.27. The van der Waals surface area contributed by atoms with Crippen LogP contribution in [-0.4, -0.2) is 61.3 Å². The molecular formula is C41H35N3O9. The number of hydrogen-bond donors (Lipinski definition) is 2. The van der Waals surface area contributed by atoms with Gasteiger partial charge in [0.2, 0.25) is 0 Å². The topological polar surface area (TPSA) is 159 Å². The Bertz CT molecular complexity index is 2440. The Labute approximate surface area is 301 Å². The van der Waals surface area contributed by atoms with Crippen molar-refractivity contribution < 1.29 is 29.3 Å². The molecule has 268 valence electrons. The molecule has 2 atom stereocenters. The first kappa shape index (κ1) is 35.1. The Morgan fingerprint density at radius 3 is 1.13 bits per heavy atom. The van der Waals surface area contributed by atoms with Crippen LogP contribution in [0.3, 0.4) is 0 Å². The van der Waals surface area contributed by atoms with Crippen molar-refractivity contribution in [3.8, 4) is 0 Å². The highest BCUT2D eigenvalue weighted by Crippen LogP contribution is 2.31. The van der Waals surface area contributed by atoms with E-state index in [1.807, 2.05) is 60.7 Å². The zero-order chi connectivity index (χ0) is 37.2. The van der Waals surface area contributed by atoms with Crippen molar-refractivity contribution in [3.63, 3.8) is 0 Å². The van der Waals surface area contributed by atoms with Gasteiger partial charge in [-0.1, -0.05) is 97.1 Å². The van der Waals surface area contributed by atoms with Gasteiger partial charge in [-0.15, -0.1) is 0 Å². The number of esters is 2. The Kier molecular flexibility index (Phi) is 9.72. The van der Waals surface area contributed by atoms with Crippen molar-refractivity contribution >= 4 is 55.0 Å². The number of carbonyl (C=O) groups is 2. The van der Waals surface area contributed by atoms with Gasteiger partial charge in [-0.25, -0.2) is 37.7 Å². The fraction of sp³-hybridized carbons (Fsp3) is 0.195. The van der Waals surface area contributed by atoms with Crippen molar-refractivity contribution in [1.82, 2.24) is 13.7 Å². The third-order valence-corrected chi connectivity index (χ3v) is 9.38. The minimum Gasteiger partial charge on any atom is -0.454 e. The minimum absolute atomic E-state index is 0.130. The second-order valence-electron chi connectivity index (χ2n) is 12.6. The van der Waals surface area contributed by atoms with E-state index in [9.17, 15) is 34.2 Å². The molecule has 0 saturated heterocycles. The first-order valence-electron chi connectivity index (χ1n) is 17.1. The molecule has 12 nitrogen and oxygen atoms in total. The maximum absolute atomic E-state index is 13.9. The number of hydrogen-bond acceptors (Lipinski definition) is 9. The molecule has 7 rings (SSSR count). The number of nitrogens with zero attached hydrogens (tertiary/aromatic N) is 3. The van der Waals surface area contributed by atoms with Crippen molar-refractivity contribution in [2.24, 2.45) is 0 Å². The number of fused-ring (bicyclic) bond motifs is 4. The SMILES string of the molecule is CCn1c(=O)n(CC(CO)OC(=O)c2c3ccccc3cc3ccccc23)c(=O)n(CC(CO)OC(=O)c2c3ccccc3cc3ccccc23)c1=O. The van der Waals surface area contributed by atoms with Crippen LogP contribution in [0.2, 0.25) is 0 Å². The van der Waals surface area contributed by atoms with E-state index < -0.39 is 67.5 Å². The van der Waals surface area contributed by atoms with Gasteiger partial charge in [0, 0.05) is 6.54 Å². The van der Waals surface area contributed by atoms with E-state index >= 15 is 0 Å². The normalized spacial score (nSPS) is 12.7. The molecule has 0 aliphatic rings. The lowest BCUT2D eigenvalue weighted by Crippen LogP contribution is -2.56. The average Bonchev–Trinajstić information content (AvgIpc) is 3.18. The second-order valence-corrected chi connectivity index (χ2v) is 12.6. The predicted octanol–water partition coefficient (Wildman–Crippen LogP) is 4.24. The summed E-state index contributed by atoms with van der Waals surface area (Å²) in [7, 11) is 0. The fourth-order valence-electron chi connectivity index (χ4n) is 6.83. The number of aliphatic hydroxyl groups excluding tert-OH is 2. The van der Waals surface area contributed by atoms with E-state index in [0.717, 1.165) is 26.1 Å². The van der Waals surface area contributed by atoms with E-state index in [1.165, 1.54) is 6.92 Å². The summed E-state index contributed by atoms with van der Waals surface area (Å²) in [6, 6.07) is 33.0. The molecule has 1 heterocycles. The highest BCUT2D eigenvalue weighted by molar-refractivity contribution is 6.17. The molecule has 0 bridgehead atoms. The lowest BCUT2D eigenvalue weighted by molar-refractivity contribution is 0.00586. The third-order valence-electron chi connectivity index (χ3n) is 9.38. The van der Waals surface area contributed by atoms with E-state index in [1.54, 1.807) is 48.5 Å². The Hall–Kier alpha value is -6.37. The standard InChI is InChI=1S/C41H35N3O9/c1-2-42-39(49)43(21-29(23-45)52-37(47)35-31-15-7-3-11-25(31)19-26-12-4-8-16-32(26)35)41(51)44(40(42)50)22-30(24-46)53-38(48)36-33-17-9-5-13-27(33)20-28-14-6-10-18-34(28)36/h3-20,29-30,45-46H,2,21-24H2,1H3. The summed E-state index contributed by atoms with van der Waals surface area (Å²) in [4.78, 5) is 68.4. The van der Waals surface area contributed by atoms with Gasteiger partial charge in [-0.2, -0.15) is 0 Å². The maximum atomic E-state index is 13.9. The van der Waals surface area contributed by atoms with E-state index in [-0.39, 0.29) is 17.7 Å². The van der Waals surface area contributed by atoms with E-state index in [0.29, 0.717) is 30.7 Å². The Balaban J connectivity index is 1.20. The van der Waals surface area contributed by atoms with Crippen LogP contribution < -0.4 is 17.1 Å². The summed E-state index contributed by atoms with van der Waals surface area (Å²) in [5.74, 6) is -1.55. The average molecular weight is 714 g/mol. The van der Waals surface area contributed by atoms with Gasteiger partial charge >= 0.3 is 29.0 Å². The number of rotatable bonds is 11. The Morgan fingerprint density at radius 2 is 0.830 bits per heavy atom. The molecule has 6 aromatic carbocycles. The minimum atomic E-state index is -1.37. The Morgan fingerprint density at radius 1 is 0.528 bits per heavy atom. The lowest BCUT2D eigenvalue weighted by atomic mass is 9.97. The molecule has 0 aliphatic carbocycles. The van der Waals surface area contributed by atoms with Crippen molar-refractivity contribution in [3.05, 3.63) is 152 Å². The maximum Gasteiger partial charge on any atom is 0.339 e. The van der Waals surface area contributed by atoms with Crippen LogP contribution in [0.15, 0.2) is 124 Å². The molecule has 0 saturated carbocycles.